The molecule has 0 aromatic heterocycles. The Morgan fingerprint density at radius 1 is 1.33 bits per heavy atom. The molecule has 1 amide bonds. The number of amides is 1. The molecule has 0 aliphatic carbocycles. The summed E-state index contributed by atoms with van der Waals surface area (Å²) in [5.74, 6) is 0.373. The van der Waals surface area contributed by atoms with Crippen molar-refractivity contribution < 1.29 is 9.53 Å². The Morgan fingerprint density at radius 2 is 2.27 bits per heavy atom. The van der Waals surface area contributed by atoms with Crippen molar-refractivity contribution in [2.75, 3.05) is 26.3 Å². The largest absolute Gasteiger partial charge is 0.379 e. The second-order valence-corrected chi connectivity index (χ2v) is 4.47. The third-order valence-electron chi connectivity index (χ3n) is 3.17. The quantitative estimate of drug-likeness (QED) is 0.691. The first-order valence-electron chi connectivity index (χ1n) is 5.95. The van der Waals surface area contributed by atoms with Crippen LogP contribution in [0.2, 0.25) is 0 Å². The van der Waals surface area contributed by atoms with Crippen LogP contribution in [-0.4, -0.2) is 38.3 Å². The van der Waals surface area contributed by atoms with Crippen LogP contribution in [-0.2, 0) is 9.53 Å². The van der Waals surface area contributed by atoms with E-state index in [0.29, 0.717) is 6.61 Å². The fourth-order valence-electron chi connectivity index (χ4n) is 2.25. The number of piperidine rings is 1. The van der Waals surface area contributed by atoms with Gasteiger partial charge in [0.1, 0.15) is 0 Å². The highest BCUT2D eigenvalue weighted by molar-refractivity contribution is 5.79. The van der Waals surface area contributed by atoms with Gasteiger partial charge in [-0.05, 0) is 32.2 Å². The first-order valence-corrected chi connectivity index (χ1v) is 5.95. The highest BCUT2D eigenvalue weighted by Crippen LogP contribution is 2.12. The summed E-state index contributed by atoms with van der Waals surface area (Å²) in [6, 6.07) is 0.244. The van der Waals surface area contributed by atoms with Gasteiger partial charge >= 0.3 is 0 Å². The van der Waals surface area contributed by atoms with Gasteiger partial charge in [0.25, 0.3) is 0 Å². The number of carbonyl (C=O) groups is 1. The first kappa shape index (κ1) is 10.9. The number of hydrogen-bond acceptors (Lipinski definition) is 3. The van der Waals surface area contributed by atoms with E-state index in [2.05, 4.69) is 10.6 Å². The molecular weight excluding hydrogens is 192 g/mol. The zero-order chi connectivity index (χ0) is 10.5. The van der Waals surface area contributed by atoms with Gasteiger partial charge in [0, 0.05) is 13.2 Å². The lowest BCUT2D eigenvalue weighted by atomic mass is 9.98. The molecule has 2 unspecified atom stereocenters. The van der Waals surface area contributed by atoms with Gasteiger partial charge in [-0.25, -0.2) is 0 Å². The zero-order valence-corrected chi connectivity index (χ0v) is 9.13. The summed E-state index contributed by atoms with van der Waals surface area (Å²) >= 11 is 0. The predicted octanol–water partition coefficient (Wildman–Crippen LogP) is 0.281. The van der Waals surface area contributed by atoms with Crippen molar-refractivity contribution in [2.24, 2.45) is 5.92 Å². The molecule has 4 nitrogen and oxygen atoms in total. The maximum absolute atomic E-state index is 11.9. The van der Waals surface area contributed by atoms with Gasteiger partial charge in [0.05, 0.1) is 18.6 Å². The molecule has 0 spiro atoms. The molecule has 0 saturated carbocycles. The second-order valence-electron chi connectivity index (χ2n) is 4.47. The lowest BCUT2D eigenvalue weighted by Crippen LogP contribution is -2.47. The van der Waals surface area contributed by atoms with E-state index in [1.54, 1.807) is 0 Å². The molecule has 2 aliphatic heterocycles. The van der Waals surface area contributed by atoms with E-state index in [9.17, 15) is 4.79 Å². The highest BCUT2D eigenvalue weighted by atomic mass is 16.5. The highest BCUT2D eigenvalue weighted by Gasteiger charge is 2.24. The van der Waals surface area contributed by atoms with Crippen molar-refractivity contribution in [3.63, 3.8) is 0 Å². The molecule has 0 bridgehead atoms. The molecule has 0 aromatic carbocycles. The molecule has 2 aliphatic rings. The molecule has 2 N–H and O–H groups in total. The first-order chi connectivity index (χ1) is 7.36. The minimum Gasteiger partial charge on any atom is -0.379 e. The predicted molar refractivity (Wildman–Crippen MR) is 57.6 cm³/mol. The monoisotopic (exact) mass is 212 g/mol. The minimum absolute atomic E-state index is 0.167. The summed E-state index contributed by atoms with van der Waals surface area (Å²) in [7, 11) is 0. The van der Waals surface area contributed by atoms with Gasteiger partial charge in [-0.3, -0.25) is 4.79 Å². The molecule has 2 rings (SSSR count). The van der Waals surface area contributed by atoms with E-state index in [-0.39, 0.29) is 17.9 Å². The van der Waals surface area contributed by atoms with E-state index >= 15 is 0 Å². The lowest BCUT2D eigenvalue weighted by molar-refractivity contribution is -0.127. The van der Waals surface area contributed by atoms with Gasteiger partial charge < -0.3 is 15.4 Å². The zero-order valence-electron chi connectivity index (χ0n) is 9.13. The van der Waals surface area contributed by atoms with Gasteiger partial charge in [-0.15, -0.1) is 0 Å². The molecule has 15 heavy (non-hydrogen) atoms. The lowest BCUT2D eigenvalue weighted by Gasteiger charge is -2.27. The Balaban J connectivity index is 1.74. The van der Waals surface area contributed by atoms with Crippen LogP contribution in [0.4, 0.5) is 0 Å². The summed E-state index contributed by atoms with van der Waals surface area (Å²) in [4.78, 5) is 11.9. The summed E-state index contributed by atoms with van der Waals surface area (Å²) in [5, 5.41) is 6.35. The average molecular weight is 212 g/mol. The molecular formula is C11H20N2O2. The van der Waals surface area contributed by atoms with Gasteiger partial charge in [-0.1, -0.05) is 0 Å². The SMILES string of the molecule is O=C(NC1CCCOC1)C1CCCNC1. The minimum atomic E-state index is 0.167. The van der Waals surface area contributed by atoms with E-state index in [4.69, 9.17) is 4.74 Å². The van der Waals surface area contributed by atoms with Crippen LogP contribution in [0.5, 0.6) is 0 Å². The Hall–Kier alpha value is -0.610. The van der Waals surface area contributed by atoms with Crippen LogP contribution >= 0.6 is 0 Å². The van der Waals surface area contributed by atoms with Crippen LogP contribution in [0.25, 0.3) is 0 Å². The molecule has 0 radical (unpaired) electrons. The summed E-state index contributed by atoms with van der Waals surface area (Å²) in [5.41, 5.74) is 0. The third-order valence-corrected chi connectivity index (χ3v) is 3.17. The molecule has 2 atom stereocenters. The molecule has 2 fully saturated rings. The van der Waals surface area contributed by atoms with E-state index in [1.165, 1.54) is 0 Å². The van der Waals surface area contributed by atoms with Crippen molar-refractivity contribution in [3.8, 4) is 0 Å². The topological polar surface area (TPSA) is 50.4 Å². The Kier molecular flexibility index (Phi) is 3.97. The van der Waals surface area contributed by atoms with Crippen molar-refractivity contribution in [1.29, 1.82) is 0 Å². The van der Waals surface area contributed by atoms with E-state index < -0.39 is 0 Å². The number of rotatable bonds is 2. The third kappa shape index (κ3) is 3.18. The Labute approximate surface area is 90.8 Å². The second kappa shape index (κ2) is 5.47. The van der Waals surface area contributed by atoms with Gasteiger partial charge in [-0.2, -0.15) is 0 Å². The molecule has 86 valence electrons. The summed E-state index contributed by atoms with van der Waals surface area (Å²) < 4.78 is 5.34. The molecule has 0 aromatic rings. The van der Waals surface area contributed by atoms with Crippen LogP contribution in [0.3, 0.4) is 0 Å². The van der Waals surface area contributed by atoms with Crippen LogP contribution in [0.15, 0.2) is 0 Å². The van der Waals surface area contributed by atoms with Crippen molar-refractivity contribution in [2.45, 2.75) is 31.7 Å². The smallest absolute Gasteiger partial charge is 0.224 e. The number of carbonyl (C=O) groups excluding carboxylic acids is 1. The van der Waals surface area contributed by atoms with Crippen LogP contribution in [0, 0.1) is 5.92 Å². The van der Waals surface area contributed by atoms with E-state index in [0.717, 1.165) is 45.4 Å². The normalized spacial score (nSPS) is 32.3. The van der Waals surface area contributed by atoms with E-state index in [1.807, 2.05) is 0 Å². The maximum Gasteiger partial charge on any atom is 0.224 e. The van der Waals surface area contributed by atoms with Gasteiger partial charge in [0.15, 0.2) is 0 Å². The number of ether oxygens (including phenoxy) is 1. The molecule has 4 heteroatoms. The fourth-order valence-corrected chi connectivity index (χ4v) is 2.25. The average Bonchev–Trinajstić information content (AvgIpc) is 2.31. The van der Waals surface area contributed by atoms with Gasteiger partial charge in [0.2, 0.25) is 5.91 Å². The standard InChI is InChI=1S/C11H20N2O2/c14-11(9-3-1-5-12-7-9)13-10-4-2-6-15-8-10/h9-10,12H,1-8H2,(H,13,14). The fraction of sp³-hybridized carbons (Fsp3) is 0.909. The maximum atomic E-state index is 11.9. The van der Waals surface area contributed by atoms with Crippen LogP contribution in [0.1, 0.15) is 25.7 Å². The number of nitrogens with one attached hydrogen (secondary N) is 2. The van der Waals surface area contributed by atoms with Crippen molar-refractivity contribution >= 4 is 5.91 Å². The number of hydrogen-bond donors (Lipinski definition) is 2. The Bertz CT molecular complexity index is 209. The van der Waals surface area contributed by atoms with Crippen molar-refractivity contribution in [3.05, 3.63) is 0 Å². The summed E-state index contributed by atoms with van der Waals surface area (Å²) in [6.07, 6.45) is 4.26. The summed E-state index contributed by atoms with van der Waals surface area (Å²) in [6.45, 7) is 3.42. The molecule has 2 saturated heterocycles. The van der Waals surface area contributed by atoms with Crippen LogP contribution < -0.4 is 10.6 Å². The van der Waals surface area contributed by atoms with Crippen molar-refractivity contribution in [1.82, 2.24) is 10.6 Å². The Morgan fingerprint density at radius 3 is 2.93 bits per heavy atom. The molecule has 2 heterocycles.